The van der Waals surface area contributed by atoms with Crippen molar-refractivity contribution in [2.75, 3.05) is 18.4 Å². The molecule has 136 valence electrons. The van der Waals surface area contributed by atoms with Gasteiger partial charge in [0.25, 0.3) is 5.91 Å². The van der Waals surface area contributed by atoms with Crippen molar-refractivity contribution in [1.82, 2.24) is 10.6 Å². The predicted molar refractivity (Wildman–Crippen MR) is 107 cm³/mol. The van der Waals surface area contributed by atoms with E-state index in [1.54, 1.807) is 36.4 Å². The Morgan fingerprint density at radius 1 is 0.769 bits per heavy atom. The predicted octanol–water partition coefficient (Wildman–Crippen LogP) is 3.09. The first-order chi connectivity index (χ1) is 12.4. The minimum absolute atomic E-state index is 0.0911. The van der Waals surface area contributed by atoms with Crippen LogP contribution in [0.5, 0.6) is 0 Å². The third-order valence-corrected chi connectivity index (χ3v) is 4.38. The van der Waals surface area contributed by atoms with E-state index < -0.39 is 0 Å². The third kappa shape index (κ3) is 6.97. The Bertz CT molecular complexity index is 777. The summed E-state index contributed by atoms with van der Waals surface area (Å²) in [5.41, 5.74) is 1.16. The Kier molecular flexibility index (Phi) is 7.80. The Morgan fingerprint density at radius 3 is 1.96 bits per heavy atom. The van der Waals surface area contributed by atoms with Crippen LogP contribution >= 0.6 is 31.9 Å². The quantitative estimate of drug-likeness (QED) is 0.566. The van der Waals surface area contributed by atoms with Crippen LogP contribution in [0.2, 0.25) is 0 Å². The van der Waals surface area contributed by atoms with Crippen LogP contribution in [0.15, 0.2) is 57.5 Å². The Labute approximate surface area is 168 Å². The number of anilines is 1. The fourth-order valence-electron chi connectivity index (χ4n) is 2.00. The van der Waals surface area contributed by atoms with Crippen molar-refractivity contribution >= 4 is 55.3 Å². The normalized spacial score (nSPS) is 10.1. The molecule has 0 aliphatic heterocycles. The van der Waals surface area contributed by atoms with Gasteiger partial charge in [-0.2, -0.15) is 0 Å². The van der Waals surface area contributed by atoms with Gasteiger partial charge in [-0.15, -0.1) is 0 Å². The number of hydrogen-bond donors (Lipinski definition) is 3. The van der Waals surface area contributed by atoms with Crippen LogP contribution in [0.1, 0.15) is 16.8 Å². The standard InChI is InChI=1S/C18H17Br2N3O3/c19-13-3-1-12(2-4-13)18(26)21-10-9-16(24)22-11-17(25)23-15-7-5-14(20)6-8-15/h1-8H,9-11H2,(H,21,26)(H,22,24)(H,23,25). The average molecular weight is 483 g/mol. The first-order valence-electron chi connectivity index (χ1n) is 7.80. The van der Waals surface area contributed by atoms with Crippen LogP contribution in [0.3, 0.4) is 0 Å². The molecule has 0 atom stereocenters. The summed E-state index contributed by atoms with van der Waals surface area (Å²) in [5, 5.41) is 7.86. The molecular weight excluding hydrogens is 466 g/mol. The Morgan fingerprint density at radius 2 is 1.35 bits per heavy atom. The molecule has 26 heavy (non-hydrogen) atoms. The second-order valence-electron chi connectivity index (χ2n) is 5.34. The van der Waals surface area contributed by atoms with Crippen molar-refractivity contribution in [3.8, 4) is 0 Å². The van der Waals surface area contributed by atoms with Gasteiger partial charge >= 0.3 is 0 Å². The number of amides is 3. The first-order valence-corrected chi connectivity index (χ1v) is 9.38. The van der Waals surface area contributed by atoms with Crippen LogP contribution in [0.25, 0.3) is 0 Å². The molecule has 0 aliphatic rings. The summed E-state index contributed by atoms with van der Waals surface area (Å²) < 4.78 is 1.80. The van der Waals surface area contributed by atoms with E-state index in [9.17, 15) is 14.4 Å². The van der Waals surface area contributed by atoms with Gasteiger partial charge in [0.2, 0.25) is 11.8 Å². The summed E-state index contributed by atoms with van der Waals surface area (Å²) in [6, 6.07) is 14.0. The molecule has 0 fully saturated rings. The second kappa shape index (κ2) is 10.1. The summed E-state index contributed by atoms with van der Waals surface area (Å²) in [6.45, 7) is 0.0601. The van der Waals surface area contributed by atoms with Gasteiger partial charge in [-0.3, -0.25) is 14.4 Å². The number of carbonyl (C=O) groups excluding carboxylic acids is 3. The van der Waals surface area contributed by atoms with Crippen LogP contribution in [0, 0.1) is 0 Å². The number of nitrogens with one attached hydrogen (secondary N) is 3. The minimum Gasteiger partial charge on any atom is -0.352 e. The zero-order chi connectivity index (χ0) is 18.9. The summed E-state index contributed by atoms with van der Waals surface area (Å²) >= 11 is 6.61. The lowest BCUT2D eigenvalue weighted by Crippen LogP contribution is -2.35. The molecule has 0 saturated heterocycles. The maximum atomic E-state index is 11.9. The second-order valence-corrected chi connectivity index (χ2v) is 7.18. The highest BCUT2D eigenvalue weighted by Crippen LogP contribution is 2.13. The fourth-order valence-corrected chi connectivity index (χ4v) is 2.53. The van der Waals surface area contributed by atoms with Crippen molar-refractivity contribution in [2.24, 2.45) is 0 Å². The molecule has 8 heteroatoms. The molecule has 0 heterocycles. The molecule has 2 aromatic carbocycles. The highest BCUT2D eigenvalue weighted by atomic mass is 79.9. The highest BCUT2D eigenvalue weighted by Gasteiger charge is 2.08. The van der Waals surface area contributed by atoms with Gasteiger partial charge in [0, 0.05) is 33.2 Å². The molecule has 0 saturated carbocycles. The maximum Gasteiger partial charge on any atom is 0.251 e. The Hall–Kier alpha value is -2.19. The van der Waals surface area contributed by atoms with Gasteiger partial charge in [0.1, 0.15) is 0 Å². The Balaban J connectivity index is 1.65. The molecule has 0 unspecified atom stereocenters. The van der Waals surface area contributed by atoms with E-state index >= 15 is 0 Å². The molecule has 0 aliphatic carbocycles. The number of rotatable bonds is 7. The summed E-state index contributed by atoms with van der Waals surface area (Å²) in [4.78, 5) is 35.4. The number of benzene rings is 2. The van der Waals surface area contributed by atoms with Crippen LogP contribution < -0.4 is 16.0 Å². The summed E-state index contributed by atoms with van der Waals surface area (Å²) in [5.74, 6) is -0.884. The summed E-state index contributed by atoms with van der Waals surface area (Å²) in [6.07, 6.45) is 0.0911. The molecule has 0 aromatic heterocycles. The lowest BCUT2D eigenvalue weighted by atomic mass is 10.2. The average Bonchev–Trinajstić information content (AvgIpc) is 2.62. The fraction of sp³-hybridized carbons (Fsp3) is 0.167. The van der Waals surface area contributed by atoms with Gasteiger partial charge in [-0.05, 0) is 48.5 Å². The number of hydrogen-bond acceptors (Lipinski definition) is 3. The van der Waals surface area contributed by atoms with Crippen molar-refractivity contribution < 1.29 is 14.4 Å². The van der Waals surface area contributed by atoms with E-state index in [1.165, 1.54) is 0 Å². The van der Waals surface area contributed by atoms with E-state index in [4.69, 9.17) is 0 Å². The van der Waals surface area contributed by atoms with Gasteiger partial charge in [-0.25, -0.2) is 0 Å². The topological polar surface area (TPSA) is 87.3 Å². The highest BCUT2D eigenvalue weighted by molar-refractivity contribution is 9.10. The van der Waals surface area contributed by atoms with E-state index in [2.05, 4.69) is 47.8 Å². The van der Waals surface area contributed by atoms with Crippen molar-refractivity contribution in [1.29, 1.82) is 0 Å². The molecule has 0 radical (unpaired) electrons. The molecular formula is C18H17Br2N3O3. The maximum absolute atomic E-state index is 11.9. The lowest BCUT2D eigenvalue weighted by Gasteiger charge is -2.08. The SMILES string of the molecule is O=C(CCNC(=O)c1ccc(Br)cc1)NCC(=O)Nc1ccc(Br)cc1. The summed E-state index contributed by atoms with van der Waals surface area (Å²) in [7, 11) is 0. The van der Waals surface area contributed by atoms with E-state index in [0.29, 0.717) is 11.3 Å². The van der Waals surface area contributed by atoms with Crippen molar-refractivity contribution in [3.63, 3.8) is 0 Å². The number of halogens is 2. The zero-order valence-electron chi connectivity index (χ0n) is 13.7. The van der Waals surface area contributed by atoms with E-state index in [1.807, 2.05) is 12.1 Å². The van der Waals surface area contributed by atoms with Crippen LogP contribution in [0.4, 0.5) is 5.69 Å². The van der Waals surface area contributed by atoms with Crippen LogP contribution in [-0.4, -0.2) is 30.8 Å². The zero-order valence-corrected chi connectivity index (χ0v) is 16.9. The number of carbonyl (C=O) groups is 3. The molecule has 3 N–H and O–H groups in total. The van der Waals surface area contributed by atoms with Crippen molar-refractivity contribution in [2.45, 2.75) is 6.42 Å². The monoisotopic (exact) mass is 481 g/mol. The van der Waals surface area contributed by atoms with Gasteiger partial charge in [0.05, 0.1) is 6.54 Å². The molecule has 2 rings (SSSR count). The third-order valence-electron chi connectivity index (χ3n) is 3.32. The smallest absolute Gasteiger partial charge is 0.251 e. The van der Waals surface area contributed by atoms with Crippen molar-refractivity contribution in [3.05, 3.63) is 63.0 Å². The van der Waals surface area contributed by atoms with E-state index in [0.717, 1.165) is 8.95 Å². The molecule has 6 nitrogen and oxygen atoms in total. The molecule has 2 aromatic rings. The largest absolute Gasteiger partial charge is 0.352 e. The van der Waals surface area contributed by atoms with Gasteiger partial charge < -0.3 is 16.0 Å². The van der Waals surface area contributed by atoms with E-state index in [-0.39, 0.29) is 37.2 Å². The first kappa shape index (κ1) is 20.1. The minimum atomic E-state index is -0.320. The molecule has 0 bridgehead atoms. The van der Waals surface area contributed by atoms with Crippen LogP contribution in [-0.2, 0) is 9.59 Å². The molecule has 0 spiro atoms. The molecule has 3 amide bonds. The van der Waals surface area contributed by atoms with Gasteiger partial charge in [-0.1, -0.05) is 31.9 Å². The lowest BCUT2D eigenvalue weighted by molar-refractivity contribution is -0.124. The van der Waals surface area contributed by atoms with Gasteiger partial charge in [0.15, 0.2) is 0 Å².